The smallest absolute Gasteiger partial charge is 0.251 e. The Balaban J connectivity index is 2.00. The van der Waals surface area contributed by atoms with Crippen molar-refractivity contribution in [1.82, 2.24) is 10.2 Å². The van der Waals surface area contributed by atoms with Crippen molar-refractivity contribution in [2.75, 3.05) is 40.5 Å². The number of nitrogens with one attached hydrogen (secondary N) is 1. The van der Waals surface area contributed by atoms with Crippen LogP contribution in [-0.4, -0.2) is 63.4 Å². The summed E-state index contributed by atoms with van der Waals surface area (Å²) in [5.41, 5.74) is -0.273. The summed E-state index contributed by atoms with van der Waals surface area (Å²) in [5, 5.41) is 2.68. The number of ether oxygens (including phenoxy) is 2. The van der Waals surface area contributed by atoms with Gasteiger partial charge in [0.05, 0.1) is 19.3 Å². The average Bonchev–Trinajstić information content (AvgIpc) is 2.53. The first-order valence-electron chi connectivity index (χ1n) is 7.68. The molecule has 24 heavy (non-hydrogen) atoms. The molecular formula is C16H21F3N2O3. The van der Waals surface area contributed by atoms with E-state index in [1.54, 1.807) is 0 Å². The van der Waals surface area contributed by atoms with Gasteiger partial charge in [-0.25, -0.2) is 13.2 Å². The molecule has 1 amide bonds. The molecule has 1 heterocycles. The predicted octanol–water partition coefficient (Wildman–Crippen LogP) is 1.57. The Morgan fingerprint density at radius 2 is 2.00 bits per heavy atom. The first-order valence-corrected chi connectivity index (χ1v) is 7.68. The second-order valence-electron chi connectivity index (χ2n) is 5.91. The van der Waals surface area contributed by atoms with Gasteiger partial charge in [-0.05, 0) is 32.6 Å². The first-order chi connectivity index (χ1) is 11.4. The van der Waals surface area contributed by atoms with E-state index in [1.807, 2.05) is 19.0 Å². The zero-order valence-electron chi connectivity index (χ0n) is 13.7. The zero-order valence-corrected chi connectivity index (χ0v) is 13.7. The Hall–Kier alpha value is -1.64. The number of carbonyl (C=O) groups is 1. The minimum Gasteiger partial charge on any atom is -0.379 e. The Morgan fingerprint density at radius 1 is 1.33 bits per heavy atom. The second kappa shape index (κ2) is 8.46. The highest BCUT2D eigenvalue weighted by Crippen LogP contribution is 2.16. The van der Waals surface area contributed by atoms with Gasteiger partial charge in [-0.2, -0.15) is 0 Å². The van der Waals surface area contributed by atoms with Crippen molar-refractivity contribution in [3.63, 3.8) is 0 Å². The fraction of sp³-hybridized carbons (Fsp3) is 0.562. The van der Waals surface area contributed by atoms with Crippen LogP contribution in [0.5, 0.6) is 0 Å². The molecular weight excluding hydrogens is 325 g/mol. The lowest BCUT2D eigenvalue weighted by atomic mass is 10.0. The Bertz CT molecular complexity index is 561. The molecule has 5 nitrogen and oxygen atoms in total. The van der Waals surface area contributed by atoms with E-state index < -0.39 is 23.4 Å². The Morgan fingerprint density at radius 3 is 2.62 bits per heavy atom. The van der Waals surface area contributed by atoms with Crippen molar-refractivity contribution in [3.05, 3.63) is 35.1 Å². The summed E-state index contributed by atoms with van der Waals surface area (Å²) >= 11 is 0. The largest absolute Gasteiger partial charge is 0.379 e. The molecule has 1 aliphatic rings. The van der Waals surface area contributed by atoms with Gasteiger partial charge >= 0.3 is 0 Å². The fourth-order valence-electron chi connectivity index (χ4n) is 2.37. The topological polar surface area (TPSA) is 50.8 Å². The first kappa shape index (κ1) is 18.7. The number of hydrogen-bond acceptors (Lipinski definition) is 4. The highest BCUT2D eigenvalue weighted by atomic mass is 19.2. The van der Waals surface area contributed by atoms with Crippen molar-refractivity contribution >= 4 is 5.91 Å². The summed E-state index contributed by atoms with van der Waals surface area (Å²) < 4.78 is 50.6. The van der Waals surface area contributed by atoms with E-state index in [2.05, 4.69) is 5.32 Å². The standard InChI is InChI=1S/C16H21F3N2O3/c1-21(2)4-6-24-14-9-23-5-3-13(14)20-16(22)10-7-11(17)15(19)12(18)8-10/h7-8,13-14H,3-6,9H2,1-2H3,(H,20,22)/t13-,14-/m1/s1. The van der Waals surface area contributed by atoms with Crippen molar-refractivity contribution in [3.8, 4) is 0 Å². The minimum atomic E-state index is -1.59. The van der Waals surface area contributed by atoms with Gasteiger partial charge in [0.25, 0.3) is 5.91 Å². The zero-order chi connectivity index (χ0) is 17.7. The summed E-state index contributed by atoms with van der Waals surface area (Å²) in [6, 6.07) is 1.01. The molecule has 0 spiro atoms. The molecule has 1 aromatic rings. The molecule has 134 valence electrons. The highest BCUT2D eigenvalue weighted by molar-refractivity contribution is 5.94. The average molecular weight is 346 g/mol. The number of nitrogens with zero attached hydrogens (tertiary/aromatic N) is 1. The van der Waals surface area contributed by atoms with Gasteiger partial charge in [-0.15, -0.1) is 0 Å². The number of rotatable bonds is 6. The van der Waals surface area contributed by atoms with Crippen LogP contribution in [0.1, 0.15) is 16.8 Å². The second-order valence-corrected chi connectivity index (χ2v) is 5.91. The van der Waals surface area contributed by atoms with E-state index in [4.69, 9.17) is 9.47 Å². The number of likely N-dealkylation sites (N-methyl/N-ethyl adjacent to an activating group) is 1. The summed E-state index contributed by atoms with van der Waals surface area (Å²) in [6.45, 7) is 1.95. The molecule has 0 aliphatic carbocycles. The lowest BCUT2D eigenvalue weighted by molar-refractivity contribution is -0.0690. The molecule has 8 heteroatoms. The van der Waals surface area contributed by atoms with Gasteiger partial charge in [0, 0.05) is 18.7 Å². The van der Waals surface area contributed by atoms with Crippen LogP contribution in [0.15, 0.2) is 12.1 Å². The molecule has 0 radical (unpaired) electrons. The van der Waals surface area contributed by atoms with Gasteiger partial charge in [-0.1, -0.05) is 0 Å². The monoisotopic (exact) mass is 346 g/mol. The van der Waals surface area contributed by atoms with Crippen molar-refractivity contribution in [2.45, 2.75) is 18.6 Å². The van der Waals surface area contributed by atoms with Crippen LogP contribution >= 0.6 is 0 Å². The lowest BCUT2D eigenvalue weighted by Gasteiger charge is -2.32. The Kier molecular flexibility index (Phi) is 6.59. The van der Waals surface area contributed by atoms with Crippen LogP contribution in [0, 0.1) is 17.5 Å². The highest BCUT2D eigenvalue weighted by Gasteiger charge is 2.28. The van der Waals surface area contributed by atoms with Crippen molar-refractivity contribution in [1.29, 1.82) is 0 Å². The van der Waals surface area contributed by atoms with E-state index in [1.165, 1.54) is 0 Å². The predicted molar refractivity (Wildman–Crippen MR) is 81.3 cm³/mol. The molecule has 0 saturated carbocycles. The number of hydrogen-bond donors (Lipinski definition) is 1. The van der Waals surface area contributed by atoms with E-state index in [9.17, 15) is 18.0 Å². The molecule has 1 N–H and O–H groups in total. The lowest BCUT2D eigenvalue weighted by Crippen LogP contribution is -2.50. The third kappa shape index (κ3) is 4.93. The number of halogens is 3. The quantitative estimate of drug-likeness (QED) is 0.795. The molecule has 1 aromatic carbocycles. The normalized spacial score (nSPS) is 21.1. The van der Waals surface area contributed by atoms with Crippen LogP contribution in [0.3, 0.4) is 0 Å². The fourth-order valence-corrected chi connectivity index (χ4v) is 2.37. The molecule has 1 fully saturated rings. The van der Waals surface area contributed by atoms with Crippen LogP contribution in [-0.2, 0) is 9.47 Å². The summed E-state index contributed by atoms with van der Waals surface area (Å²) in [4.78, 5) is 14.1. The maximum Gasteiger partial charge on any atom is 0.251 e. The Labute approximate surface area is 138 Å². The van der Waals surface area contributed by atoms with Crippen LogP contribution in [0.4, 0.5) is 13.2 Å². The van der Waals surface area contributed by atoms with E-state index >= 15 is 0 Å². The van der Waals surface area contributed by atoms with Crippen LogP contribution in [0.25, 0.3) is 0 Å². The van der Waals surface area contributed by atoms with E-state index in [0.717, 1.165) is 0 Å². The van der Waals surface area contributed by atoms with Gasteiger partial charge in [0.15, 0.2) is 17.5 Å². The molecule has 1 saturated heterocycles. The number of amides is 1. The third-order valence-electron chi connectivity index (χ3n) is 3.74. The van der Waals surface area contributed by atoms with Gasteiger partial charge in [0.1, 0.15) is 6.10 Å². The molecule has 0 bridgehead atoms. The summed E-state index contributed by atoms with van der Waals surface area (Å²) in [6.07, 6.45) is 0.169. The molecule has 0 unspecified atom stereocenters. The summed E-state index contributed by atoms with van der Waals surface area (Å²) in [5.74, 6) is -5.07. The van der Waals surface area contributed by atoms with Crippen molar-refractivity contribution in [2.24, 2.45) is 0 Å². The van der Waals surface area contributed by atoms with Crippen LogP contribution < -0.4 is 5.32 Å². The maximum atomic E-state index is 13.3. The molecule has 2 atom stereocenters. The third-order valence-corrected chi connectivity index (χ3v) is 3.74. The van der Waals surface area contributed by atoms with E-state index in [0.29, 0.717) is 44.9 Å². The van der Waals surface area contributed by atoms with Crippen molar-refractivity contribution < 1.29 is 27.4 Å². The van der Waals surface area contributed by atoms with Gasteiger partial charge < -0.3 is 19.7 Å². The molecule has 2 rings (SSSR count). The van der Waals surface area contributed by atoms with Crippen LogP contribution in [0.2, 0.25) is 0 Å². The van der Waals surface area contributed by atoms with Gasteiger partial charge in [0.2, 0.25) is 0 Å². The number of benzene rings is 1. The molecule has 1 aliphatic heterocycles. The SMILES string of the molecule is CN(C)CCO[C@@H]1COCC[C@H]1NC(=O)c1cc(F)c(F)c(F)c1. The van der Waals surface area contributed by atoms with Gasteiger partial charge in [-0.3, -0.25) is 4.79 Å². The molecule has 0 aromatic heterocycles. The van der Waals surface area contributed by atoms with E-state index in [-0.39, 0.29) is 17.7 Å². The number of carbonyl (C=O) groups excluding carboxylic acids is 1. The summed E-state index contributed by atoms with van der Waals surface area (Å²) in [7, 11) is 3.83. The minimum absolute atomic E-state index is 0.273. The maximum absolute atomic E-state index is 13.3.